The normalized spacial score (nSPS) is 15.3. The summed E-state index contributed by atoms with van der Waals surface area (Å²) in [5.74, 6) is 1.15. The Balaban J connectivity index is 0.000000394. The van der Waals surface area contributed by atoms with Crippen LogP contribution in [0.2, 0.25) is 0 Å². The predicted molar refractivity (Wildman–Crippen MR) is 204 cm³/mol. The molecule has 288 valence electrons. The van der Waals surface area contributed by atoms with Crippen molar-refractivity contribution < 1.29 is 28.9 Å². The van der Waals surface area contributed by atoms with Gasteiger partial charge >= 0.3 is 12.2 Å². The number of aliphatic hydroxyl groups excluding tert-OH is 1. The number of alkyl carbamates (subject to hydrolysis) is 2. The van der Waals surface area contributed by atoms with Gasteiger partial charge in [0.1, 0.15) is 11.2 Å². The summed E-state index contributed by atoms with van der Waals surface area (Å²) in [5, 5.41) is 17.0. The molecule has 0 aromatic carbocycles. The molecule has 12 heteroatoms. The van der Waals surface area contributed by atoms with Crippen molar-refractivity contribution in [3.63, 3.8) is 0 Å². The number of aromatic nitrogens is 2. The zero-order chi connectivity index (χ0) is 38.0. The van der Waals surface area contributed by atoms with Gasteiger partial charge in [-0.1, -0.05) is 12.7 Å². The van der Waals surface area contributed by atoms with E-state index < -0.39 is 11.2 Å². The molecule has 2 amide bonds. The van der Waals surface area contributed by atoms with Crippen LogP contribution in [0.15, 0.2) is 55.6 Å². The quantitative estimate of drug-likeness (QED) is 0.241. The summed E-state index contributed by atoms with van der Waals surface area (Å²) in [5.41, 5.74) is 1.62. The molecular formula is C39H66N6O6. The molecular weight excluding hydrogens is 648 g/mol. The Morgan fingerprint density at radius 1 is 0.863 bits per heavy atom. The van der Waals surface area contributed by atoms with Crippen molar-refractivity contribution in [1.29, 1.82) is 0 Å². The second-order valence-corrected chi connectivity index (χ2v) is 14.6. The van der Waals surface area contributed by atoms with E-state index in [1.807, 2.05) is 66.1 Å². The van der Waals surface area contributed by atoms with Crippen LogP contribution in [0.4, 0.5) is 9.59 Å². The Morgan fingerprint density at radius 2 is 1.33 bits per heavy atom. The number of ether oxygens (including phenoxy) is 3. The molecule has 51 heavy (non-hydrogen) atoms. The first-order valence-corrected chi connectivity index (χ1v) is 18.1. The fourth-order valence-corrected chi connectivity index (χ4v) is 5.01. The molecule has 12 nitrogen and oxygen atoms in total. The van der Waals surface area contributed by atoms with Gasteiger partial charge in [-0.15, -0.1) is 0 Å². The van der Waals surface area contributed by atoms with Crippen LogP contribution < -0.4 is 16.0 Å². The summed E-state index contributed by atoms with van der Waals surface area (Å²) in [4.78, 5) is 33.4. The number of aliphatic hydroxyl groups is 1. The first-order chi connectivity index (χ1) is 24.2. The number of rotatable bonds is 10. The number of hydrogen-bond donors (Lipinski definition) is 4. The van der Waals surface area contributed by atoms with Crippen molar-refractivity contribution in [2.45, 2.75) is 84.8 Å². The van der Waals surface area contributed by atoms with Gasteiger partial charge in [0, 0.05) is 51.5 Å². The number of carbonyl (C=O) groups is 2. The number of piperidine rings is 2. The average Bonchev–Trinajstić information content (AvgIpc) is 3.10. The molecule has 4 heterocycles. The van der Waals surface area contributed by atoms with Gasteiger partial charge in [-0.3, -0.25) is 9.97 Å². The van der Waals surface area contributed by atoms with Crippen molar-refractivity contribution in [3.8, 4) is 0 Å². The third-order valence-corrected chi connectivity index (χ3v) is 7.74. The lowest BCUT2D eigenvalue weighted by Crippen LogP contribution is -2.40. The van der Waals surface area contributed by atoms with Gasteiger partial charge in [-0.2, -0.15) is 0 Å². The first kappa shape index (κ1) is 45.4. The summed E-state index contributed by atoms with van der Waals surface area (Å²) in [6.45, 7) is 22.3. The molecule has 2 aromatic heterocycles. The largest absolute Gasteiger partial charge is 0.444 e. The Kier molecular flexibility index (Phi) is 23.4. The van der Waals surface area contributed by atoms with Gasteiger partial charge in [-0.05, 0) is 147 Å². The van der Waals surface area contributed by atoms with E-state index >= 15 is 0 Å². The fraction of sp³-hybridized carbons (Fsp3) is 0.641. The fourth-order valence-electron chi connectivity index (χ4n) is 5.01. The summed E-state index contributed by atoms with van der Waals surface area (Å²) >= 11 is 0. The molecule has 0 atom stereocenters. The highest BCUT2D eigenvalue weighted by Crippen LogP contribution is 2.17. The van der Waals surface area contributed by atoms with Gasteiger partial charge in [0.15, 0.2) is 0 Å². The molecule has 0 saturated carbocycles. The first-order valence-electron chi connectivity index (χ1n) is 18.1. The predicted octanol–water partition coefficient (Wildman–Crippen LogP) is 5.72. The number of pyridine rings is 2. The standard InChI is InChI=1S/C18H29N3O2.C11H22N2O2.C7H7N.C3H8O2/c1-18(2,3)23-17(22)20-14-16-7-12-21(13-8-16)11-6-15-4-9-19-10-5-15;1-11(2,3)15-10(14)13-8-9-4-6-12-7-5-9;1-2-7-3-5-8-6-4-7;1-5-3-2-4/h4-5,9-10,16H,6-8,11-14H2,1-3H3,(H,20,22);9,12H,4-8H2,1-3H3,(H,13,14);2-6H,1H2;4H,2-3H2,1H3. The number of likely N-dealkylation sites (tertiary alicyclic amines) is 1. The Morgan fingerprint density at radius 3 is 1.73 bits per heavy atom. The molecule has 0 aliphatic carbocycles. The van der Waals surface area contributed by atoms with Crippen LogP contribution in [-0.2, 0) is 20.6 Å². The van der Waals surface area contributed by atoms with Crippen molar-refractivity contribution in [2.75, 3.05) is 66.1 Å². The van der Waals surface area contributed by atoms with Crippen LogP contribution in [0, 0.1) is 11.8 Å². The van der Waals surface area contributed by atoms with E-state index in [0.29, 0.717) is 25.0 Å². The molecule has 0 bridgehead atoms. The molecule has 2 fully saturated rings. The van der Waals surface area contributed by atoms with Crippen molar-refractivity contribution in [2.24, 2.45) is 11.8 Å². The molecule has 0 unspecified atom stereocenters. The number of methoxy groups -OCH3 is 1. The topological polar surface area (TPSA) is 147 Å². The second-order valence-electron chi connectivity index (χ2n) is 14.6. The maximum Gasteiger partial charge on any atom is 0.407 e. The van der Waals surface area contributed by atoms with Gasteiger partial charge in [0.05, 0.1) is 13.2 Å². The van der Waals surface area contributed by atoms with E-state index in [-0.39, 0.29) is 18.8 Å². The third kappa shape index (κ3) is 25.9. The number of carbonyl (C=O) groups excluding carboxylic acids is 2. The van der Waals surface area contributed by atoms with E-state index in [9.17, 15) is 9.59 Å². The monoisotopic (exact) mass is 715 g/mol. The molecule has 0 radical (unpaired) electrons. The summed E-state index contributed by atoms with van der Waals surface area (Å²) < 4.78 is 14.9. The highest BCUT2D eigenvalue weighted by atomic mass is 16.6. The Bertz CT molecular complexity index is 1170. The minimum Gasteiger partial charge on any atom is -0.444 e. The molecule has 2 aliphatic heterocycles. The smallest absolute Gasteiger partial charge is 0.407 e. The van der Waals surface area contributed by atoms with Crippen LogP contribution in [0.1, 0.15) is 78.4 Å². The van der Waals surface area contributed by atoms with E-state index in [1.54, 1.807) is 25.6 Å². The summed E-state index contributed by atoms with van der Waals surface area (Å²) in [6.07, 6.45) is 14.0. The molecule has 2 aromatic rings. The second kappa shape index (κ2) is 26.2. The van der Waals surface area contributed by atoms with Crippen LogP contribution >= 0.6 is 0 Å². The number of nitrogens with zero attached hydrogens (tertiary/aromatic N) is 3. The van der Waals surface area contributed by atoms with Crippen LogP contribution in [0.25, 0.3) is 6.08 Å². The van der Waals surface area contributed by atoms with Gasteiger partial charge in [0.2, 0.25) is 0 Å². The number of amides is 2. The number of hydrogen-bond acceptors (Lipinski definition) is 10. The lowest BCUT2D eigenvalue weighted by molar-refractivity contribution is 0.0501. The maximum atomic E-state index is 11.7. The lowest BCUT2D eigenvalue weighted by atomic mass is 9.96. The Labute approximate surface area is 307 Å². The van der Waals surface area contributed by atoms with Crippen molar-refractivity contribution >= 4 is 18.3 Å². The highest BCUT2D eigenvalue weighted by molar-refractivity contribution is 5.68. The maximum absolute atomic E-state index is 11.7. The molecule has 4 rings (SSSR count). The van der Waals surface area contributed by atoms with E-state index in [1.165, 1.54) is 5.56 Å². The van der Waals surface area contributed by atoms with E-state index in [4.69, 9.17) is 14.6 Å². The zero-order valence-electron chi connectivity index (χ0n) is 32.3. The van der Waals surface area contributed by atoms with Gasteiger partial charge < -0.3 is 40.2 Å². The summed E-state index contributed by atoms with van der Waals surface area (Å²) in [6, 6.07) is 7.98. The van der Waals surface area contributed by atoms with E-state index in [2.05, 4.69) is 54.3 Å². The molecule has 0 spiro atoms. The zero-order valence-corrected chi connectivity index (χ0v) is 32.3. The van der Waals surface area contributed by atoms with Gasteiger partial charge in [0.25, 0.3) is 0 Å². The highest BCUT2D eigenvalue weighted by Gasteiger charge is 2.22. The lowest BCUT2D eigenvalue weighted by Gasteiger charge is -2.32. The molecule has 4 N–H and O–H groups in total. The van der Waals surface area contributed by atoms with Crippen molar-refractivity contribution in [3.05, 3.63) is 66.8 Å². The molecule has 2 aliphatic rings. The minimum absolute atomic E-state index is 0.122. The van der Waals surface area contributed by atoms with Crippen LogP contribution in [0.3, 0.4) is 0 Å². The van der Waals surface area contributed by atoms with Crippen LogP contribution in [0.5, 0.6) is 0 Å². The SMILES string of the molecule is C=Cc1ccncc1.CC(C)(C)OC(=O)NCC1CCN(CCc2ccncc2)CC1.CC(C)(C)OC(=O)NCC1CCNCC1.COCCO. The average molecular weight is 715 g/mol. The molecule has 2 saturated heterocycles. The third-order valence-electron chi connectivity index (χ3n) is 7.74. The van der Waals surface area contributed by atoms with Crippen molar-refractivity contribution in [1.82, 2.24) is 30.8 Å². The summed E-state index contributed by atoms with van der Waals surface area (Å²) in [7, 11) is 1.55. The minimum atomic E-state index is -0.430. The van der Waals surface area contributed by atoms with Gasteiger partial charge in [-0.25, -0.2) is 9.59 Å². The van der Waals surface area contributed by atoms with E-state index in [0.717, 1.165) is 76.9 Å². The Hall–Kier alpha value is -3.58. The van der Waals surface area contributed by atoms with Crippen LogP contribution in [-0.4, -0.2) is 109 Å². The number of nitrogens with one attached hydrogen (secondary N) is 3.